The van der Waals surface area contributed by atoms with E-state index < -0.39 is 41.1 Å². The number of hydrogen-bond donors (Lipinski definition) is 1. The van der Waals surface area contributed by atoms with Crippen molar-refractivity contribution in [1.29, 1.82) is 0 Å². The van der Waals surface area contributed by atoms with Gasteiger partial charge in [0.25, 0.3) is 11.8 Å². The average molecular weight is 401 g/mol. The third kappa shape index (κ3) is 2.85. The monoisotopic (exact) mass is 400 g/mol. The molecule has 1 fully saturated rings. The number of thioether (sulfide) groups is 1. The number of nitrogens with two attached hydrogens (primary N) is 1. The van der Waals surface area contributed by atoms with Crippen LogP contribution in [0.5, 0.6) is 5.75 Å². The van der Waals surface area contributed by atoms with E-state index in [1.165, 1.54) is 0 Å². The number of para-hydroxylation sites is 1. The number of benzene rings is 1. The molecule has 2 N–H and O–H groups in total. The first-order chi connectivity index (χ1) is 12.2. The summed E-state index contributed by atoms with van der Waals surface area (Å²) in [6.07, 6.45) is -0.575. The molecule has 1 aromatic carbocycles. The summed E-state index contributed by atoms with van der Waals surface area (Å²) in [5, 5.41) is 0. The maximum atomic E-state index is 13.1. The molecular formula is C17H15ClF2N2O3S. The van der Waals surface area contributed by atoms with Gasteiger partial charge in [-0.1, -0.05) is 41.6 Å². The summed E-state index contributed by atoms with van der Waals surface area (Å²) >= 11 is 7.53. The predicted octanol–water partition coefficient (Wildman–Crippen LogP) is 2.58. The maximum absolute atomic E-state index is 13.1. The van der Waals surface area contributed by atoms with Gasteiger partial charge < -0.3 is 15.4 Å². The lowest BCUT2D eigenvalue weighted by Gasteiger charge is -2.40. The molecule has 0 saturated carbocycles. The van der Waals surface area contributed by atoms with E-state index in [1.807, 2.05) is 12.1 Å². The number of alkyl halides is 3. The van der Waals surface area contributed by atoms with Crippen LogP contribution in [0.3, 0.4) is 0 Å². The molecule has 138 valence electrons. The number of carbonyl (C=O) groups excluding carboxylic acids is 2. The predicted molar refractivity (Wildman–Crippen MR) is 93.9 cm³/mol. The van der Waals surface area contributed by atoms with Crippen LogP contribution in [0, 0.1) is 0 Å². The fourth-order valence-electron chi connectivity index (χ4n) is 3.36. The van der Waals surface area contributed by atoms with Crippen molar-refractivity contribution in [2.45, 2.75) is 29.1 Å². The molecule has 0 bridgehead atoms. The zero-order valence-electron chi connectivity index (χ0n) is 13.5. The molecule has 3 aliphatic heterocycles. The van der Waals surface area contributed by atoms with Crippen LogP contribution in [-0.2, 0) is 9.59 Å². The molecule has 26 heavy (non-hydrogen) atoms. The van der Waals surface area contributed by atoms with E-state index in [0.29, 0.717) is 5.75 Å². The van der Waals surface area contributed by atoms with Gasteiger partial charge in [-0.3, -0.25) is 9.59 Å². The zero-order chi connectivity index (χ0) is 18.7. The molecule has 0 aliphatic carbocycles. The molecule has 2 atom stereocenters. The second kappa shape index (κ2) is 5.85. The molecular weight excluding hydrogens is 386 g/mol. The van der Waals surface area contributed by atoms with Gasteiger partial charge in [-0.25, -0.2) is 8.78 Å². The van der Waals surface area contributed by atoms with Crippen molar-refractivity contribution >= 4 is 40.1 Å². The zero-order valence-corrected chi connectivity index (χ0v) is 15.1. The van der Waals surface area contributed by atoms with Crippen LogP contribution < -0.4 is 10.5 Å². The van der Waals surface area contributed by atoms with Crippen LogP contribution in [0.2, 0.25) is 0 Å². The Morgan fingerprint density at radius 1 is 1.31 bits per heavy atom. The lowest BCUT2D eigenvalue weighted by atomic mass is 9.99. The summed E-state index contributed by atoms with van der Waals surface area (Å²) in [4.78, 5) is 26.2. The Hall–Kier alpha value is -1.80. The van der Waals surface area contributed by atoms with Crippen molar-refractivity contribution in [3.05, 3.63) is 35.4 Å². The number of likely N-dealkylation sites (tertiary alicyclic amines) is 1. The molecule has 0 aromatic heterocycles. The molecule has 9 heteroatoms. The highest BCUT2D eigenvalue weighted by molar-refractivity contribution is 8.11. The second-order valence-electron chi connectivity index (χ2n) is 6.66. The minimum absolute atomic E-state index is 0.180. The summed E-state index contributed by atoms with van der Waals surface area (Å²) in [5.74, 6) is -3.53. The molecule has 3 aliphatic rings. The second-order valence-corrected chi connectivity index (χ2v) is 8.84. The highest BCUT2D eigenvalue weighted by Crippen LogP contribution is 2.56. The van der Waals surface area contributed by atoms with Gasteiger partial charge in [-0.05, 0) is 11.6 Å². The Balaban J connectivity index is 1.66. The number of hydrogen-bond acceptors (Lipinski definition) is 4. The number of rotatable bonds is 2. The largest absolute Gasteiger partial charge is 0.480 e. The number of primary amides is 1. The van der Waals surface area contributed by atoms with Gasteiger partial charge >= 0.3 is 0 Å². The van der Waals surface area contributed by atoms with Crippen molar-refractivity contribution in [1.82, 2.24) is 4.90 Å². The average Bonchev–Trinajstić information content (AvgIpc) is 2.82. The minimum Gasteiger partial charge on any atom is -0.480 e. The minimum atomic E-state index is -2.84. The first kappa shape index (κ1) is 17.6. The van der Waals surface area contributed by atoms with E-state index in [-0.39, 0.29) is 12.8 Å². The lowest BCUT2D eigenvalue weighted by Crippen LogP contribution is -2.61. The molecule has 3 heterocycles. The van der Waals surface area contributed by atoms with E-state index >= 15 is 0 Å². The Morgan fingerprint density at radius 2 is 2.00 bits per heavy atom. The van der Waals surface area contributed by atoms with Gasteiger partial charge in [0.2, 0.25) is 5.91 Å². The quantitative estimate of drug-likeness (QED) is 0.774. The Morgan fingerprint density at radius 3 is 2.65 bits per heavy atom. The van der Waals surface area contributed by atoms with Gasteiger partial charge in [0.05, 0.1) is 13.1 Å². The summed E-state index contributed by atoms with van der Waals surface area (Å²) in [6, 6.07) is 7.08. The molecule has 1 aromatic rings. The molecule has 5 nitrogen and oxygen atoms in total. The fraction of sp³-hybridized carbons (Fsp3) is 0.412. The Kier molecular flexibility index (Phi) is 3.96. The van der Waals surface area contributed by atoms with E-state index in [2.05, 4.69) is 0 Å². The van der Waals surface area contributed by atoms with Crippen LogP contribution in [0.4, 0.5) is 8.78 Å². The third-order valence-corrected chi connectivity index (χ3v) is 6.59. The molecule has 1 saturated heterocycles. The molecule has 0 spiro atoms. The summed E-state index contributed by atoms with van der Waals surface area (Å²) in [7, 11) is 0. The van der Waals surface area contributed by atoms with E-state index in [9.17, 15) is 18.4 Å². The van der Waals surface area contributed by atoms with E-state index in [4.69, 9.17) is 22.1 Å². The van der Waals surface area contributed by atoms with Crippen molar-refractivity contribution in [3.8, 4) is 5.75 Å². The fourth-order valence-corrected chi connectivity index (χ4v) is 5.00. The van der Waals surface area contributed by atoms with Crippen LogP contribution in [0.15, 0.2) is 29.8 Å². The first-order valence-electron chi connectivity index (χ1n) is 8.01. The lowest BCUT2D eigenvalue weighted by molar-refractivity contribution is -0.172. The van der Waals surface area contributed by atoms with Crippen molar-refractivity contribution in [2.24, 2.45) is 5.73 Å². The number of ether oxygens (including phenoxy) is 1. The maximum Gasteiger partial charge on any atom is 0.282 e. The van der Waals surface area contributed by atoms with Gasteiger partial charge in [0, 0.05) is 23.3 Å². The Bertz CT molecular complexity index is 839. The highest BCUT2D eigenvalue weighted by atomic mass is 35.5. The standard InChI is InChI=1S/C17H15ClF2N2O3S/c18-17(15(21)24)6-9-5-12(14(23)22-7-16(19,20)8-22)25-11-4-2-1-3-10(11)13(9)26-17/h1-4,12H,5-8H2,(H2,21,24). The van der Waals surface area contributed by atoms with Crippen molar-refractivity contribution in [2.75, 3.05) is 13.1 Å². The molecule has 0 radical (unpaired) electrons. The number of fused-ring (bicyclic) bond motifs is 2. The smallest absolute Gasteiger partial charge is 0.282 e. The van der Waals surface area contributed by atoms with Gasteiger partial charge in [0.1, 0.15) is 5.75 Å². The molecule has 2 unspecified atom stereocenters. The summed E-state index contributed by atoms with van der Waals surface area (Å²) in [5.41, 5.74) is 6.94. The van der Waals surface area contributed by atoms with Gasteiger partial charge in [-0.2, -0.15) is 0 Å². The van der Waals surface area contributed by atoms with Gasteiger partial charge in [0.15, 0.2) is 10.3 Å². The third-order valence-electron chi connectivity index (χ3n) is 4.66. The Labute approximate surface area is 157 Å². The number of halogens is 3. The SMILES string of the molecule is NC(=O)C1(Cl)CC2=C(S1)c1ccccc1OC(C(=O)N1CC(F)(F)C1)C2. The highest BCUT2D eigenvalue weighted by Gasteiger charge is 2.50. The molecule has 4 rings (SSSR count). The van der Waals surface area contributed by atoms with Gasteiger partial charge in [-0.15, -0.1) is 0 Å². The summed E-state index contributed by atoms with van der Waals surface area (Å²) in [6.45, 7) is -1.20. The van der Waals surface area contributed by atoms with Crippen LogP contribution in [0.1, 0.15) is 18.4 Å². The van der Waals surface area contributed by atoms with E-state index in [0.717, 1.165) is 32.7 Å². The summed E-state index contributed by atoms with van der Waals surface area (Å²) < 4.78 is 30.8. The number of amides is 2. The topological polar surface area (TPSA) is 72.6 Å². The van der Waals surface area contributed by atoms with Crippen molar-refractivity contribution < 1.29 is 23.1 Å². The number of carbonyl (C=O) groups is 2. The molecule has 2 amide bonds. The van der Waals surface area contributed by atoms with Crippen molar-refractivity contribution in [3.63, 3.8) is 0 Å². The van der Waals surface area contributed by atoms with Crippen LogP contribution in [-0.4, -0.2) is 46.0 Å². The first-order valence-corrected chi connectivity index (χ1v) is 9.20. The normalized spacial score (nSPS) is 29.2. The van der Waals surface area contributed by atoms with Crippen LogP contribution in [0.25, 0.3) is 4.91 Å². The number of nitrogens with zero attached hydrogens (tertiary/aromatic N) is 1. The van der Waals surface area contributed by atoms with Crippen LogP contribution >= 0.6 is 23.4 Å². The van der Waals surface area contributed by atoms with E-state index in [1.54, 1.807) is 12.1 Å².